The van der Waals surface area contributed by atoms with E-state index in [1.165, 1.54) is 6.07 Å². The summed E-state index contributed by atoms with van der Waals surface area (Å²) < 4.78 is 29.7. The van der Waals surface area contributed by atoms with Crippen molar-refractivity contribution in [3.05, 3.63) is 41.2 Å². The van der Waals surface area contributed by atoms with Crippen molar-refractivity contribution >= 4 is 11.8 Å². The molecule has 3 rings (SSSR count). The number of fused-ring (bicyclic) bond motifs is 1. The summed E-state index contributed by atoms with van der Waals surface area (Å²) in [5.74, 6) is -2.17. The summed E-state index contributed by atoms with van der Waals surface area (Å²) >= 11 is 0. The molecule has 2 amide bonds. The molecule has 0 saturated carbocycles. The van der Waals surface area contributed by atoms with E-state index in [-0.39, 0.29) is 23.0 Å². The SMILES string of the molecule is CC(C)C[C@H](NC(=O)c1nc(-c2ccc(F)cc2F)n2c1CN(C)CCC2)C(N)=O. The molecular weight excluding hydrogens is 392 g/mol. The molecule has 7 nitrogen and oxygen atoms in total. The van der Waals surface area contributed by atoms with Gasteiger partial charge in [0.15, 0.2) is 5.69 Å². The molecule has 1 aliphatic rings. The van der Waals surface area contributed by atoms with Gasteiger partial charge in [-0.15, -0.1) is 0 Å². The maximum absolute atomic E-state index is 14.5. The van der Waals surface area contributed by atoms with Gasteiger partial charge in [-0.3, -0.25) is 9.59 Å². The Bertz CT molecular complexity index is 957. The fraction of sp³-hybridized carbons (Fsp3) is 0.476. The predicted octanol–water partition coefficient (Wildman–Crippen LogP) is 2.29. The Balaban J connectivity index is 2.05. The average Bonchev–Trinajstić information content (AvgIpc) is 2.87. The lowest BCUT2D eigenvalue weighted by atomic mass is 10.0. The lowest BCUT2D eigenvalue weighted by Gasteiger charge is -2.18. The summed E-state index contributed by atoms with van der Waals surface area (Å²) in [6.45, 7) is 5.62. The largest absolute Gasteiger partial charge is 0.368 e. The van der Waals surface area contributed by atoms with Gasteiger partial charge >= 0.3 is 0 Å². The normalized spacial score (nSPS) is 15.5. The molecule has 3 N–H and O–H groups in total. The summed E-state index contributed by atoms with van der Waals surface area (Å²) in [6.07, 6.45) is 1.18. The van der Waals surface area contributed by atoms with Crippen LogP contribution in [0.5, 0.6) is 0 Å². The second-order valence-electron chi connectivity index (χ2n) is 8.16. The van der Waals surface area contributed by atoms with Gasteiger partial charge in [0.2, 0.25) is 5.91 Å². The van der Waals surface area contributed by atoms with Gasteiger partial charge in [-0.2, -0.15) is 0 Å². The third kappa shape index (κ3) is 4.67. The van der Waals surface area contributed by atoms with Gasteiger partial charge in [-0.05, 0) is 44.5 Å². The van der Waals surface area contributed by atoms with E-state index in [1.54, 1.807) is 4.57 Å². The molecule has 2 heterocycles. The monoisotopic (exact) mass is 419 g/mol. The fourth-order valence-electron chi connectivity index (χ4n) is 3.72. The summed E-state index contributed by atoms with van der Waals surface area (Å²) in [7, 11) is 1.92. The minimum atomic E-state index is -0.829. The highest BCUT2D eigenvalue weighted by atomic mass is 19.1. The molecule has 0 radical (unpaired) electrons. The first-order valence-electron chi connectivity index (χ1n) is 10.0. The molecule has 1 atom stereocenters. The molecule has 0 saturated heterocycles. The highest BCUT2D eigenvalue weighted by Crippen LogP contribution is 2.28. The number of imidazole rings is 1. The highest BCUT2D eigenvalue weighted by molar-refractivity contribution is 5.97. The summed E-state index contributed by atoms with van der Waals surface area (Å²) in [6, 6.07) is 2.45. The Morgan fingerprint density at radius 3 is 2.63 bits per heavy atom. The highest BCUT2D eigenvalue weighted by Gasteiger charge is 2.29. The van der Waals surface area contributed by atoms with Crippen molar-refractivity contribution in [3.8, 4) is 11.4 Å². The van der Waals surface area contributed by atoms with Crippen LogP contribution < -0.4 is 11.1 Å². The fourth-order valence-corrected chi connectivity index (χ4v) is 3.72. The molecule has 2 aromatic rings. The van der Waals surface area contributed by atoms with Crippen LogP contribution in [0.4, 0.5) is 8.78 Å². The Morgan fingerprint density at radius 1 is 1.27 bits per heavy atom. The quantitative estimate of drug-likeness (QED) is 0.751. The van der Waals surface area contributed by atoms with E-state index >= 15 is 0 Å². The molecule has 162 valence electrons. The van der Waals surface area contributed by atoms with Crippen molar-refractivity contribution < 1.29 is 18.4 Å². The molecule has 1 aromatic heterocycles. The van der Waals surface area contributed by atoms with Crippen molar-refractivity contribution in [1.29, 1.82) is 0 Å². The van der Waals surface area contributed by atoms with Gasteiger partial charge < -0.3 is 20.5 Å². The van der Waals surface area contributed by atoms with E-state index in [4.69, 9.17) is 5.73 Å². The van der Waals surface area contributed by atoms with Crippen molar-refractivity contribution in [2.24, 2.45) is 11.7 Å². The van der Waals surface area contributed by atoms with Gasteiger partial charge in [0, 0.05) is 19.2 Å². The maximum Gasteiger partial charge on any atom is 0.272 e. The number of benzene rings is 1. The van der Waals surface area contributed by atoms with Crippen LogP contribution in [0.1, 0.15) is 42.9 Å². The number of amides is 2. The lowest BCUT2D eigenvalue weighted by Crippen LogP contribution is -2.45. The molecular formula is C21H27F2N5O2. The number of rotatable bonds is 6. The van der Waals surface area contributed by atoms with Crippen LogP contribution in [0.15, 0.2) is 18.2 Å². The number of nitrogens with one attached hydrogen (secondary N) is 1. The summed E-state index contributed by atoms with van der Waals surface area (Å²) in [5.41, 5.74) is 6.32. The number of primary amides is 1. The second kappa shape index (κ2) is 8.91. The Hall–Kier alpha value is -2.81. The predicted molar refractivity (Wildman–Crippen MR) is 108 cm³/mol. The van der Waals surface area contributed by atoms with Gasteiger partial charge in [0.25, 0.3) is 5.91 Å². The number of nitrogens with two attached hydrogens (primary N) is 1. The zero-order chi connectivity index (χ0) is 22.0. The molecule has 0 bridgehead atoms. The molecule has 0 unspecified atom stereocenters. The van der Waals surface area contributed by atoms with E-state index in [0.29, 0.717) is 25.2 Å². The van der Waals surface area contributed by atoms with Crippen LogP contribution in [0, 0.1) is 17.6 Å². The number of carbonyl (C=O) groups is 2. The smallest absolute Gasteiger partial charge is 0.272 e. The molecule has 9 heteroatoms. The molecule has 0 fully saturated rings. The Labute approximate surface area is 174 Å². The minimum Gasteiger partial charge on any atom is -0.368 e. The molecule has 1 aliphatic heterocycles. The number of hydrogen-bond acceptors (Lipinski definition) is 4. The molecule has 0 aliphatic carbocycles. The third-order valence-corrected chi connectivity index (χ3v) is 5.16. The van der Waals surface area contributed by atoms with E-state index in [2.05, 4.69) is 10.3 Å². The van der Waals surface area contributed by atoms with Crippen LogP contribution in [-0.2, 0) is 17.9 Å². The Kier molecular flexibility index (Phi) is 6.50. The average molecular weight is 419 g/mol. The standard InChI is InChI=1S/C21H27F2N5O2/c1-12(2)9-16(19(24)29)25-21(30)18-17-11-27(3)7-4-8-28(17)20(26-18)14-6-5-13(22)10-15(14)23/h5-6,10,12,16H,4,7-9,11H2,1-3H3,(H2,24,29)(H,25,30)/t16-/m0/s1. The number of nitrogens with zero attached hydrogens (tertiary/aromatic N) is 3. The molecule has 30 heavy (non-hydrogen) atoms. The first kappa shape index (κ1) is 21.9. The van der Waals surface area contributed by atoms with Crippen LogP contribution in [-0.4, -0.2) is 45.9 Å². The van der Waals surface area contributed by atoms with E-state index in [1.807, 2.05) is 25.8 Å². The molecule has 0 spiro atoms. The van der Waals surface area contributed by atoms with E-state index in [9.17, 15) is 18.4 Å². The summed E-state index contributed by atoms with van der Waals surface area (Å²) in [5, 5.41) is 2.68. The Morgan fingerprint density at radius 2 is 2.00 bits per heavy atom. The zero-order valence-electron chi connectivity index (χ0n) is 17.4. The zero-order valence-corrected chi connectivity index (χ0v) is 17.4. The number of halogens is 2. The lowest BCUT2D eigenvalue weighted by molar-refractivity contribution is -0.120. The van der Waals surface area contributed by atoms with Gasteiger partial charge in [-0.25, -0.2) is 13.8 Å². The van der Waals surface area contributed by atoms with Crippen molar-refractivity contribution in [1.82, 2.24) is 19.8 Å². The first-order valence-corrected chi connectivity index (χ1v) is 10.0. The van der Waals surface area contributed by atoms with Crippen LogP contribution in [0.3, 0.4) is 0 Å². The maximum atomic E-state index is 14.5. The number of hydrogen-bond donors (Lipinski definition) is 2. The van der Waals surface area contributed by atoms with Gasteiger partial charge in [0.1, 0.15) is 23.5 Å². The van der Waals surface area contributed by atoms with Gasteiger partial charge in [0.05, 0.1) is 11.3 Å². The van der Waals surface area contributed by atoms with Crippen molar-refractivity contribution in [2.45, 2.75) is 45.8 Å². The first-order chi connectivity index (χ1) is 14.2. The topological polar surface area (TPSA) is 93.2 Å². The van der Waals surface area contributed by atoms with Crippen LogP contribution >= 0.6 is 0 Å². The van der Waals surface area contributed by atoms with Crippen LogP contribution in [0.25, 0.3) is 11.4 Å². The second-order valence-corrected chi connectivity index (χ2v) is 8.16. The van der Waals surface area contributed by atoms with Crippen molar-refractivity contribution in [2.75, 3.05) is 13.6 Å². The van der Waals surface area contributed by atoms with E-state index in [0.717, 1.165) is 25.1 Å². The third-order valence-electron chi connectivity index (χ3n) is 5.16. The minimum absolute atomic E-state index is 0.120. The number of carbonyl (C=O) groups excluding carboxylic acids is 2. The number of aromatic nitrogens is 2. The van der Waals surface area contributed by atoms with Crippen LogP contribution in [0.2, 0.25) is 0 Å². The van der Waals surface area contributed by atoms with Crippen molar-refractivity contribution in [3.63, 3.8) is 0 Å². The van der Waals surface area contributed by atoms with E-state index < -0.39 is 29.5 Å². The van der Waals surface area contributed by atoms with Gasteiger partial charge in [-0.1, -0.05) is 13.8 Å². The molecule has 1 aromatic carbocycles. The summed E-state index contributed by atoms with van der Waals surface area (Å²) in [4.78, 5) is 31.3.